The first kappa shape index (κ1) is 14.5. The van der Waals surface area contributed by atoms with E-state index in [2.05, 4.69) is 18.1 Å². The molecule has 0 fully saturated rings. The summed E-state index contributed by atoms with van der Waals surface area (Å²) in [6.45, 7) is 5.92. The summed E-state index contributed by atoms with van der Waals surface area (Å²) in [5.41, 5.74) is 3.55. The predicted octanol–water partition coefficient (Wildman–Crippen LogP) is 3.87. The second kappa shape index (κ2) is 5.63. The van der Waals surface area contributed by atoms with E-state index in [1.807, 2.05) is 18.5 Å². The maximum Gasteiger partial charge on any atom is 0.288 e. The average Bonchev–Trinajstić information content (AvgIpc) is 2.83. The fourth-order valence-corrected chi connectivity index (χ4v) is 2.36. The van der Waals surface area contributed by atoms with Crippen LogP contribution >= 0.6 is 11.6 Å². The first-order valence-corrected chi connectivity index (χ1v) is 6.88. The third-order valence-corrected chi connectivity index (χ3v) is 3.55. The summed E-state index contributed by atoms with van der Waals surface area (Å²) in [5.74, 6) is 0. The molecule has 106 valence electrons. The lowest BCUT2D eigenvalue weighted by atomic mass is 10.1. The third-order valence-electron chi connectivity index (χ3n) is 3.25. The highest BCUT2D eigenvalue weighted by atomic mass is 35.5. The Morgan fingerprint density at radius 3 is 2.55 bits per heavy atom. The number of benzene rings is 1. The first-order chi connectivity index (χ1) is 9.47. The van der Waals surface area contributed by atoms with Gasteiger partial charge in [0.05, 0.1) is 16.3 Å². The van der Waals surface area contributed by atoms with Crippen LogP contribution in [0.15, 0.2) is 18.2 Å². The number of nitrogens with zero attached hydrogens (tertiary/aromatic N) is 3. The topological polar surface area (TPSA) is 61.0 Å². The molecule has 6 heteroatoms. The highest BCUT2D eigenvalue weighted by molar-refractivity contribution is 6.32. The van der Waals surface area contributed by atoms with E-state index in [0.717, 1.165) is 35.5 Å². The van der Waals surface area contributed by atoms with Crippen LogP contribution in [0.4, 0.5) is 5.69 Å². The Balaban J connectivity index is 2.61. The number of nitro groups is 1. The first-order valence-electron chi connectivity index (χ1n) is 6.50. The van der Waals surface area contributed by atoms with Gasteiger partial charge in [-0.3, -0.25) is 10.1 Å². The normalized spacial score (nSPS) is 10.8. The van der Waals surface area contributed by atoms with Crippen molar-refractivity contribution in [2.24, 2.45) is 0 Å². The van der Waals surface area contributed by atoms with Crippen LogP contribution < -0.4 is 0 Å². The summed E-state index contributed by atoms with van der Waals surface area (Å²) in [5, 5.41) is 15.6. The van der Waals surface area contributed by atoms with Gasteiger partial charge in [-0.25, -0.2) is 4.68 Å². The average molecular weight is 294 g/mol. The minimum Gasteiger partial charge on any atom is -0.258 e. The van der Waals surface area contributed by atoms with E-state index in [9.17, 15) is 10.1 Å². The molecule has 1 heterocycles. The summed E-state index contributed by atoms with van der Waals surface area (Å²) in [6.07, 6.45) is 1.68. The van der Waals surface area contributed by atoms with Crippen molar-refractivity contribution in [1.29, 1.82) is 0 Å². The van der Waals surface area contributed by atoms with Gasteiger partial charge in [0, 0.05) is 11.8 Å². The van der Waals surface area contributed by atoms with Gasteiger partial charge in [0.15, 0.2) is 0 Å². The lowest BCUT2D eigenvalue weighted by molar-refractivity contribution is -0.384. The van der Waals surface area contributed by atoms with Crippen LogP contribution in [0.25, 0.3) is 5.69 Å². The zero-order chi connectivity index (χ0) is 14.9. The molecule has 0 N–H and O–H groups in total. The molecule has 0 aliphatic rings. The van der Waals surface area contributed by atoms with E-state index >= 15 is 0 Å². The largest absolute Gasteiger partial charge is 0.288 e. The van der Waals surface area contributed by atoms with Crippen LogP contribution in [-0.2, 0) is 12.8 Å². The van der Waals surface area contributed by atoms with E-state index < -0.39 is 4.92 Å². The van der Waals surface area contributed by atoms with Crippen LogP contribution in [0, 0.1) is 17.0 Å². The number of nitro benzene ring substituents is 1. The van der Waals surface area contributed by atoms with Gasteiger partial charge in [-0.15, -0.1) is 0 Å². The lowest BCUT2D eigenvalue weighted by Crippen LogP contribution is -2.05. The Morgan fingerprint density at radius 1 is 1.30 bits per heavy atom. The van der Waals surface area contributed by atoms with Crippen molar-refractivity contribution in [1.82, 2.24) is 9.78 Å². The molecule has 0 saturated heterocycles. The molecule has 0 bridgehead atoms. The van der Waals surface area contributed by atoms with E-state index in [1.54, 1.807) is 6.07 Å². The Hall–Kier alpha value is -1.88. The Morgan fingerprint density at radius 2 is 2.00 bits per heavy atom. The molecule has 0 amide bonds. The SMILES string of the molecule is CCc1cc(CC)n(-c2cc(Cl)c([N+](=O)[O-])cc2C)n1. The lowest BCUT2D eigenvalue weighted by Gasteiger charge is -2.10. The van der Waals surface area contributed by atoms with Crippen molar-refractivity contribution in [2.45, 2.75) is 33.6 Å². The van der Waals surface area contributed by atoms with Crippen LogP contribution in [0.1, 0.15) is 30.8 Å². The third kappa shape index (κ3) is 2.54. The molecular formula is C14H16ClN3O2. The highest BCUT2D eigenvalue weighted by Gasteiger charge is 2.17. The van der Waals surface area contributed by atoms with Crippen molar-refractivity contribution < 1.29 is 4.92 Å². The summed E-state index contributed by atoms with van der Waals surface area (Å²) in [4.78, 5) is 10.4. The van der Waals surface area contributed by atoms with Gasteiger partial charge in [-0.1, -0.05) is 25.4 Å². The maximum absolute atomic E-state index is 10.9. The number of hydrogen-bond donors (Lipinski definition) is 0. The molecule has 0 radical (unpaired) electrons. The smallest absolute Gasteiger partial charge is 0.258 e. The van der Waals surface area contributed by atoms with E-state index in [1.165, 1.54) is 6.07 Å². The fourth-order valence-electron chi connectivity index (χ4n) is 2.13. The molecule has 5 nitrogen and oxygen atoms in total. The molecule has 0 atom stereocenters. The monoisotopic (exact) mass is 293 g/mol. The summed E-state index contributed by atoms with van der Waals surface area (Å²) in [7, 11) is 0. The van der Waals surface area contributed by atoms with Crippen LogP contribution in [-0.4, -0.2) is 14.7 Å². The highest BCUT2D eigenvalue weighted by Crippen LogP contribution is 2.30. The maximum atomic E-state index is 10.9. The minimum atomic E-state index is -0.472. The fraction of sp³-hybridized carbons (Fsp3) is 0.357. The molecule has 1 aromatic carbocycles. The molecule has 20 heavy (non-hydrogen) atoms. The second-order valence-corrected chi connectivity index (χ2v) is 5.00. The van der Waals surface area contributed by atoms with E-state index in [0.29, 0.717) is 0 Å². The predicted molar refractivity (Wildman–Crippen MR) is 78.7 cm³/mol. The zero-order valence-corrected chi connectivity index (χ0v) is 12.4. The van der Waals surface area contributed by atoms with Gasteiger partial charge in [0.25, 0.3) is 5.69 Å². The van der Waals surface area contributed by atoms with Crippen molar-refractivity contribution >= 4 is 17.3 Å². The molecule has 0 spiro atoms. The van der Waals surface area contributed by atoms with Gasteiger partial charge in [0.2, 0.25) is 0 Å². The summed E-state index contributed by atoms with van der Waals surface area (Å²) in [6, 6.07) is 5.15. The molecule has 0 unspecified atom stereocenters. The van der Waals surface area contributed by atoms with Gasteiger partial charge in [-0.2, -0.15) is 5.10 Å². The van der Waals surface area contributed by atoms with Gasteiger partial charge >= 0.3 is 0 Å². The minimum absolute atomic E-state index is 0.0752. The van der Waals surface area contributed by atoms with E-state index in [4.69, 9.17) is 11.6 Å². The Kier molecular flexibility index (Phi) is 4.09. The van der Waals surface area contributed by atoms with Crippen LogP contribution in [0.2, 0.25) is 5.02 Å². The van der Waals surface area contributed by atoms with Gasteiger partial charge in [0.1, 0.15) is 5.02 Å². The van der Waals surface area contributed by atoms with Crippen LogP contribution in [0.5, 0.6) is 0 Å². The Labute approximate surface area is 122 Å². The quantitative estimate of drug-likeness (QED) is 0.635. The van der Waals surface area contributed by atoms with Gasteiger partial charge in [-0.05, 0) is 37.5 Å². The number of hydrogen-bond acceptors (Lipinski definition) is 3. The van der Waals surface area contributed by atoms with Gasteiger partial charge < -0.3 is 0 Å². The molecule has 0 saturated carbocycles. The second-order valence-electron chi connectivity index (χ2n) is 4.59. The number of halogens is 1. The summed E-state index contributed by atoms with van der Waals surface area (Å²) >= 11 is 6.00. The standard InChI is InChI=1S/C14H16ClN3O2/c1-4-10-7-11(5-2)17(16-10)13-8-12(15)14(18(19)20)6-9(13)3/h6-8H,4-5H2,1-3H3. The van der Waals surface area contributed by atoms with Crippen molar-refractivity contribution in [2.75, 3.05) is 0 Å². The molecule has 0 aliphatic heterocycles. The number of aryl methyl sites for hydroxylation is 3. The van der Waals surface area contributed by atoms with Crippen molar-refractivity contribution in [3.05, 3.63) is 50.3 Å². The Bertz CT molecular complexity index is 665. The molecule has 2 rings (SSSR count). The van der Waals surface area contributed by atoms with E-state index in [-0.39, 0.29) is 10.7 Å². The molecular weight excluding hydrogens is 278 g/mol. The zero-order valence-electron chi connectivity index (χ0n) is 11.7. The number of rotatable bonds is 4. The summed E-state index contributed by atoms with van der Waals surface area (Å²) < 4.78 is 1.82. The van der Waals surface area contributed by atoms with Crippen molar-refractivity contribution in [3.63, 3.8) is 0 Å². The molecule has 0 aliphatic carbocycles. The number of aromatic nitrogens is 2. The molecule has 2 aromatic rings. The van der Waals surface area contributed by atoms with Crippen molar-refractivity contribution in [3.8, 4) is 5.69 Å². The molecule has 1 aromatic heterocycles. The van der Waals surface area contributed by atoms with Crippen LogP contribution in [0.3, 0.4) is 0 Å².